The number of aromatic amines is 1. The normalized spacial score (nSPS) is 17.0. The number of aromatic nitrogens is 2. The van der Waals surface area contributed by atoms with Crippen molar-refractivity contribution in [3.8, 4) is 0 Å². The molecule has 4 N–H and O–H groups in total. The van der Waals surface area contributed by atoms with Crippen molar-refractivity contribution in [3.05, 3.63) is 47.5 Å². The van der Waals surface area contributed by atoms with Crippen molar-refractivity contribution in [2.45, 2.75) is 19.0 Å². The smallest absolute Gasteiger partial charge is 0.337 e. The first-order valence-corrected chi connectivity index (χ1v) is 6.53. The molecular formula is C14H14N4O3. The Morgan fingerprint density at radius 3 is 2.95 bits per heavy atom. The van der Waals surface area contributed by atoms with E-state index in [0.29, 0.717) is 18.7 Å². The molecule has 1 aromatic carbocycles. The molecule has 1 aliphatic heterocycles. The molecular weight excluding hydrogens is 272 g/mol. The van der Waals surface area contributed by atoms with Crippen LogP contribution in [0.15, 0.2) is 30.6 Å². The van der Waals surface area contributed by atoms with E-state index in [9.17, 15) is 9.59 Å². The Morgan fingerprint density at radius 2 is 2.14 bits per heavy atom. The van der Waals surface area contributed by atoms with Crippen molar-refractivity contribution in [1.82, 2.24) is 15.3 Å². The van der Waals surface area contributed by atoms with E-state index in [-0.39, 0.29) is 11.5 Å². The van der Waals surface area contributed by atoms with Crippen molar-refractivity contribution < 1.29 is 14.7 Å². The molecule has 108 valence electrons. The first kappa shape index (κ1) is 13.3. The molecule has 2 aromatic rings. The molecule has 1 amide bonds. The Balaban J connectivity index is 1.75. The van der Waals surface area contributed by atoms with E-state index in [1.807, 2.05) is 0 Å². The summed E-state index contributed by atoms with van der Waals surface area (Å²) in [6, 6.07) is 5.90. The molecule has 0 radical (unpaired) electrons. The highest BCUT2D eigenvalue weighted by atomic mass is 16.4. The number of carbonyl (C=O) groups excluding carboxylic acids is 1. The summed E-state index contributed by atoms with van der Waals surface area (Å²) >= 11 is 0. The van der Waals surface area contributed by atoms with Gasteiger partial charge in [-0.1, -0.05) is 12.1 Å². The number of para-hydroxylation sites is 1. The van der Waals surface area contributed by atoms with Crippen LogP contribution in [0.4, 0.5) is 5.69 Å². The summed E-state index contributed by atoms with van der Waals surface area (Å²) in [4.78, 5) is 30.6. The number of rotatable bonds is 3. The molecule has 1 unspecified atom stereocenters. The maximum Gasteiger partial charge on any atom is 0.337 e. The lowest BCUT2D eigenvalue weighted by molar-refractivity contribution is -0.118. The van der Waals surface area contributed by atoms with Crippen LogP contribution in [0.5, 0.6) is 0 Å². The van der Waals surface area contributed by atoms with Crippen LogP contribution in [0.2, 0.25) is 0 Å². The number of benzene rings is 1. The number of carboxylic acids is 1. The van der Waals surface area contributed by atoms with Crippen LogP contribution >= 0.6 is 0 Å². The number of amides is 1. The van der Waals surface area contributed by atoms with Crippen molar-refractivity contribution in [1.29, 1.82) is 0 Å². The zero-order valence-electron chi connectivity index (χ0n) is 11.1. The molecule has 0 saturated heterocycles. The lowest BCUT2D eigenvalue weighted by Crippen LogP contribution is -2.45. The number of anilines is 1. The van der Waals surface area contributed by atoms with Gasteiger partial charge in [-0.15, -0.1) is 0 Å². The highest BCUT2D eigenvalue weighted by molar-refractivity contribution is 6.02. The summed E-state index contributed by atoms with van der Waals surface area (Å²) < 4.78 is 0. The number of imidazole rings is 1. The summed E-state index contributed by atoms with van der Waals surface area (Å²) in [5.41, 5.74) is 2.21. The molecule has 1 aromatic heterocycles. The molecule has 21 heavy (non-hydrogen) atoms. The van der Waals surface area contributed by atoms with Crippen molar-refractivity contribution >= 4 is 17.6 Å². The maximum atomic E-state index is 12.3. The monoisotopic (exact) mass is 286 g/mol. The third-order valence-corrected chi connectivity index (χ3v) is 3.46. The van der Waals surface area contributed by atoms with Gasteiger partial charge in [-0.25, -0.2) is 9.78 Å². The van der Waals surface area contributed by atoms with Gasteiger partial charge < -0.3 is 15.4 Å². The van der Waals surface area contributed by atoms with Crippen LogP contribution in [0, 0.1) is 0 Å². The van der Waals surface area contributed by atoms with Crippen LogP contribution in [-0.2, 0) is 17.8 Å². The second-order valence-electron chi connectivity index (χ2n) is 4.81. The van der Waals surface area contributed by atoms with E-state index in [1.165, 1.54) is 6.07 Å². The summed E-state index contributed by atoms with van der Waals surface area (Å²) in [7, 11) is 0. The molecule has 0 saturated carbocycles. The van der Waals surface area contributed by atoms with Crippen LogP contribution in [0.1, 0.15) is 21.7 Å². The van der Waals surface area contributed by atoms with Gasteiger partial charge in [-0.05, 0) is 12.1 Å². The Bertz CT molecular complexity index is 695. The summed E-state index contributed by atoms with van der Waals surface area (Å²) in [6.07, 6.45) is 2.08. The lowest BCUT2D eigenvalue weighted by atomic mass is 10.0. The van der Waals surface area contributed by atoms with Crippen molar-refractivity contribution in [2.75, 3.05) is 5.32 Å². The number of aromatic carboxylic acids is 1. The largest absolute Gasteiger partial charge is 0.478 e. The Morgan fingerprint density at radius 1 is 1.33 bits per heavy atom. The van der Waals surface area contributed by atoms with Crippen molar-refractivity contribution in [3.63, 3.8) is 0 Å². The number of nitrogens with zero attached hydrogens (tertiary/aromatic N) is 1. The summed E-state index contributed by atoms with van der Waals surface area (Å²) in [5, 5.41) is 14.9. The van der Waals surface area contributed by atoms with E-state index >= 15 is 0 Å². The predicted octanol–water partition coefficient (Wildman–Crippen LogP) is 0.761. The van der Waals surface area contributed by atoms with E-state index in [2.05, 4.69) is 20.6 Å². The fourth-order valence-corrected chi connectivity index (χ4v) is 2.35. The Hall–Kier alpha value is -2.67. The number of carboxylic acid groups (broad SMARTS) is 1. The lowest BCUT2D eigenvalue weighted by Gasteiger charge is -2.22. The van der Waals surface area contributed by atoms with Crippen LogP contribution in [0.3, 0.4) is 0 Å². The molecule has 1 aliphatic rings. The topological polar surface area (TPSA) is 107 Å². The van der Waals surface area contributed by atoms with Crippen LogP contribution in [0.25, 0.3) is 0 Å². The van der Waals surface area contributed by atoms with Gasteiger partial charge in [-0.2, -0.15) is 0 Å². The minimum absolute atomic E-state index is 0.0714. The molecule has 0 spiro atoms. The SMILES string of the molecule is O=C(O)c1ccccc1NC(=O)C1Cc2nc[nH]c2CN1. The van der Waals surface area contributed by atoms with Crippen LogP contribution < -0.4 is 10.6 Å². The van der Waals surface area contributed by atoms with Gasteiger partial charge in [-0.3, -0.25) is 10.1 Å². The van der Waals surface area contributed by atoms with Gasteiger partial charge in [0.1, 0.15) is 0 Å². The predicted molar refractivity (Wildman–Crippen MR) is 75.0 cm³/mol. The van der Waals surface area contributed by atoms with E-state index in [4.69, 9.17) is 5.11 Å². The van der Waals surface area contributed by atoms with Gasteiger partial charge in [0.25, 0.3) is 0 Å². The first-order valence-electron chi connectivity index (χ1n) is 6.53. The number of hydrogen-bond donors (Lipinski definition) is 4. The minimum Gasteiger partial charge on any atom is -0.478 e. The van der Waals surface area contributed by atoms with Gasteiger partial charge >= 0.3 is 5.97 Å². The quantitative estimate of drug-likeness (QED) is 0.666. The molecule has 3 rings (SSSR count). The third-order valence-electron chi connectivity index (χ3n) is 3.46. The number of nitrogens with one attached hydrogen (secondary N) is 3. The highest BCUT2D eigenvalue weighted by Gasteiger charge is 2.26. The van der Waals surface area contributed by atoms with Crippen LogP contribution in [-0.4, -0.2) is 33.0 Å². The van der Waals surface area contributed by atoms with Gasteiger partial charge in [0.2, 0.25) is 5.91 Å². The summed E-state index contributed by atoms with van der Waals surface area (Å²) in [6.45, 7) is 0.536. The van der Waals surface area contributed by atoms with Crippen molar-refractivity contribution in [2.24, 2.45) is 0 Å². The standard InChI is InChI=1S/C14H14N4O3/c19-13(11-5-10-12(6-15-11)17-7-16-10)18-9-4-2-1-3-8(9)14(20)21/h1-4,7,11,15H,5-6H2,(H,16,17)(H,18,19)(H,20,21). The number of carbonyl (C=O) groups is 2. The summed E-state index contributed by atoms with van der Waals surface area (Å²) in [5.74, 6) is -1.34. The zero-order valence-corrected chi connectivity index (χ0v) is 11.1. The van der Waals surface area contributed by atoms with Gasteiger partial charge in [0, 0.05) is 13.0 Å². The molecule has 0 aliphatic carbocycles. The van der Waals surface area contributed by atoms with Gasteiger partial charge in [0.15, 0.2) is 0 Å². The second-order valence-corrected chi connectivity index (χ2v) is 4.81. The molecule has 1 atom stereocenters. The average molecular weight is 286 g/mol. The fourth-order valence-electron chi connectivity index (χ4n) is 2.35. The Labute approximate surface area is 120 Å². The van der Waals surface area contributed by atoms with Gasteiger partial charge in [0.05, 0.1) is 35.0 Å². The zero-order chi connectivity index (χ0) is 14.8. The number of H-pyrrole nitrogens is 1. The first-order chi connectivity index (χ1) is 10.1. The molecule has 7 heteroatoms. The number of hydrogen-bond acceptors (Lipinski definition) is 4. The average Bonchev–Trinajstić information content (AvgIpc) is 2.94. The molecule has 2 heterocycles. The highest BCUT2D eigenvalue weighted by Crippen LogP contribution is 2.17. The molecule has 7 nitrogen and oxygen atoms in total. The molecule has 0 fully saturated rings. The fraction of sp³-hybridized carbons (Fsp3) is 0.214. The second kappa shape index (κ2) is 5.37. The van der Waals surface area contributed by atoms with E-state index < -0.39 is 12.0 Å². The molecule has 0 bridgehead atoms. The Kier molecular flexibility index (Phi) is 3.41. The third kappa shape index (κ3) is 2.63. The van der Waals surface area contributed by atoms with E-state index in [0.717, 1.165) is 11.4 Å². The number of fused-ring (bicyclic) bond motifs is 1. The maximum absolute atomic E-state index is 12.3. The minimum atomic E-state index is -1.07. The van der Waals surface area contributed by atoms with E-state index in [1.54, 1.807) is 24.5 Å².